The van der Waals surface area contributed by atoms with E-state index in [1.165, 1.54) is 4.57 Å². The lowest BCUT2D eigenvalue weighted by atomic mass is 9.80. The fraction of sp³-hybridized carbons (Fsp3) is 0.448. The van der Waals surface area contributed by atoms with Crippen LogP contribution in [0.3, 0.4) is 0 Å². The molecule has 4 rings (SSSR count). The van der Waals surface area contributed by atoms with E-state index in [1.54, 1.807) is 26.3 Å². The second kappa shape index (κ2) is 11.0. The summed E-state index contributed by atoms with van der Waals surface area (Å²) in [6.07, 6.45) is 3.40. The molecule has 1 aromatic carbocycles. The fourth-order valence-electron chi connectivity index (χ4n) is 5.12. The Balaban J connectivity index is 1.66. The minimum atomic E-state index is -0.423. The zero-order valence-corrected chi connectivity index (χ0v) is 23.5. The number of halogens is 1. The number of nitrogens with zero attached hydrogens (tertiary/aromatic N) is 5. The Labute approximate surface area is 228 Å². The molecule has 2 aromatic heterocycles. The molecular weight excluding hydrogens is 502 g/mol. The number of ether oxygens (including phenoxy) is 1. The second-order valence-corrected chi connectivity index (χ2v) is 11.1. The van der Waals surface area contributed by atoms with Crippen molar-refractivity contribution >= 4 is 34.0 Å². The van der Waals surface area contributed by atoms with Gasteiger partial charge in [-0.05, 0) is 70.7 Å². The van der Waals surface area contributed by atoms with E-state index in [4.69, 9.17) is 21.2 Å². The molecule has 38 heavy (non-hydrogen) atoms. The van der Waals surface area contributed by atoms with Gasteiger partial charge in [-0.2, -0.15) is 5.26 Å². The van der Waals surface area contributed by atoms with Gasteiger partial charge in [-0.25, -0.2) is 4.98 Å². The number of benzene rings is 1. The van der Waals surface area contributed by atoms with E-state index >= 15 is 0 Å². The molecule has 0 spiro atoms. The average molecular weight is 536 g/mol. The molecule has 1 aliphatic carbocycles. The minimum Gasteiger partial charge on any atom is -0.496 e. The Hall–Kier alpha value is -3.57. The van der Waals surface area contributed by atoms with Crippen molar-refractivity contribution in [2.24, 2.45) is 18.1 Å². The van der Waals surface area contributed by atoms with Crippen LogP contribution in [-0.2, 0) is 11.9 Å². The van der Waals surface area contributed by atoms with Gasteiger partial charge in [-0.1, -0.05) is 28.9 Å². The van der Waals surface area contributed by atoms with Crippen LogP contribution in [0, 0.1) is 17.2 Å². The SMILES string of the molecule is COc1ccccc1/C(=N\OC(C)(C)C)C1CCC(N(C)c2c(C#N)c(=O)n(C)c3ccc(Cl)nc23)CC1. The summed E-state index contributed by atoms with van der Waals surface area (Å²) in [4.78, 5) is 25.5. The number of methoxy groups -OCH3 is 1. The van der Waals surface area contributed by atoms with E-state index in [-0.39, 0.29) is 23.1 Å². The molecule has 0 bridgehead atoms. The van der Waals surface area contributed by atoms with Crippen LogP contribution in [0.2, 0.25) is 5.15 Å². The van der Waals surface area contributed by atoms with E-state index in [2.05, 4.69) is 16.2 Å². The summed E-state index contributed by atoms with van der Waals surface area (Å²) >= 11 is 6.23. The van der Waals surface area contributed by atoms with Crippen molar-refractivity contribution in [2.45, 2.75) is 58.1 Å². The molecule has 1 aliphatic rings. The largest absolute Gasteiger partial charge is 0.496 e. The molecule has 0 amide bonds. The maximum atomic E-state index is 13.0. The number of hydrogen-bond acceptors (Lipinski definition) is 7. The van der Waals surface area contributed by atoms with Gasteiger partial charge in [-0.15, -0.1) is 0 Å². The Morgan fingerprint density at radius 3 is 2.50 bits per heavy atom. The van der Waals surface area contributed by atoms with Crippen LogP contribution in [0.4, 0.5) is 5.69 Å². The molecule has 9 heteroatoms. The second-order valence-electron chi connectivity index (χ2n) is 10.7. The minimum absolute atomic E-state index is 0.0780. The summed E-state index contributed by atoms with van der Waals surface area (Å²) in [5, 5.41) is 14.9. The van der Waals surface area contributed by atoms with Crippen molar-refractivity contribution < 1.29 is 9.57 Å². The molecule has 3 aromatic rings. The molecule has 0 N–H and O–H groups in total. The zero-order chi connectivity index (χ0) is 27.6. The quantitative estimate of drug-likeness (QED) is 0.229. The lowest BCUT2D eigenvalue weighted by Gasteiger charge is -2.37. The van der Waals surface area contributed by atoms with Gasteiger partial charge in [0, 0.05) is 31.6 Å². The Morgan fingerprint density at radius 2 is 1.87 bits per heavy atom. The van der Waals surface area contributed by atoms with E-state index in [0.717, 1.165) is 42.7 Å². The molecule has 200 valence electrons. The number of oxime groups is 1. The van der Waals surface area contributed by atoms with E-state index in [9.17, 15) is 10.1 Å². The molecule has 0 atom stereocenters. The molecule has 1 saturated carbocycles. The van der Waals surface area contributed by atoms with Gasteiger partial charge in [0.25, 0.3) is 5.56 Å². The smallest absolute Gasteiger partial charge is 0.270 e. The average Bonchev–Trinajstić information content (AvgIpc) is 2.90. The number of fused-ring (bicyclic) bond motifs is 1. The molecule has 0 aliphatic heterocycles. The maximum Gasteiger partial charge on any atom is 0.270 e. The number of aryl methyl sites for hydroxylation is 1. The zero-order valence-electron chi connectivity index (χ0n) is 22.8. The number of pyridine rings is 2. The van der Waals surface area contributed by atoms with Crippen LogP contribution in [0.5, 0.6) is 5.75 Å². The van der Waals surface area contributed by atoms with Crippen LogP contribution in [0.1, 0.15) is 57.6 Å². The normalized spacial score (nSPS) is 18.2. The van der Waals surface area contributed by atoms with Crippen molar-refractivity contribution in [1.82, 2.24) is 9.55 Å². The first-order valence-corrected chi connectivity index (χ1v) is 13.1. The number of anilines is 1. The first-order valence-electron chi connectivity index (χ1n) is 12.8. The van der Waals surface area contributed by atoms with E-state index in [0.29, 0.717) is 21.9 Å². The predicted molar refractivity (Wildman–Crippen MR) is 151 cm³/mol. The highest BCUT2D eigenvalue weighted by molar-refractivity contribution is 6.29. The first-order chi connectivity index (χ1) is 18.1. The summed E-state index contributed by atoms with van der Waals surface area (Å²) < 4.78 is 7.09. The number of hydrogen-bond donors (Lipinski definition) is 0. The van der Waals surface area contributed by atoms with Gasteiger partial charge in [0.1, 0.15) is 33.7 Å². The van der Waals surface area contributed by atoms with Gasteiger partial charge in [0.2, 0.25) is 0 Å². The first kappa shape index (κ1) is 27.5. The highest BCUT2D eigenvalue weighted by Crippen LogP contribution is 2.36. The molecule has 8 nitrogen and oxygen atoms in total. The maximum absolute atomic E-state index is 13.0. The lowest BCUT2D eigenvalue weighted by molar-refractivity contribution is -0.0000555. The van der Waals surface area contributed by atoms with Gasteiger partial charge in [0.15, 0.2) is 0 Å². The van der Waals surface area contributed by atoms with Crippen molar-refractivity contribution in [2.75, 3.05) is 19.1 Å². The summed E-state index contributed by atoms with van der Waals surface area (Å²) in [5.41, 5.74) is 2.84. The van der Waals surface area contributed by atoms with Gasteiger partial charge in [-0.3, -0.25) is 4.79 Å². The van der Waals surface area contributed by atoms with Gasteiger partial charge < -0.3 is 19.0 Å². The number of rotatable bonds is 6. The number of aromatic nitrogens is 2. The van der Waals surface area contributed by atoms with E-state index < -0.39 is 5.60 Å². The van der Waals surface area contributed by atoms with Crippen LogP contribution >= 0.6 is 11.6 Å². The Kier molecular flexibility index (Phi) is 7.98. The highest BCUT2D eigenvalue weighted by Gasteiger charge is 2.32. The standard InChI is InChI=1S/C29H34ClN5O3/c1-29(2,3)38-33-25(20-9-7-8-10-23(20)37-6)18-11-13-19(14-12-18)34(4)27-21(17-31)28(36)35(5)22-15-16-24(30)32-26(22)27/h7-10,15-16,18-19H,11-14H2,1-6H3/b33-25-. The lowest BCUT2D eigenvalue weighted by Crippen LogP contribution is -2.39. The number of para-hydroxylation sites is 1. The fourth-order valence-corrected chi connectivity index (χ4v) is 5.27. The van der Waals surface area contributed by atoms with Crippen LogP contribution < -0.4 is 15.2 Å². The van der Waals surface area contributed by atoms with Crippen molar-refractivity contribution in [3.05, 3.63) is 63.0 Å². The summed E-state index contributed by atoms with van der Waals surface area (Å²) in [6.45, 7) is 5.93. The molecule has 1 fully saturated rings. The Bertz CT molecular complexity index is 1460. The van der Waals surface area contributed by atoms with Gasteiger partial charge >= 0.3 is 0 Å². The van der Waals surface area contributed by atoms with Crippen molar-refractivity contribution in [1.29, 1.82) is 5.26 Å². The molecular formula is C29H34ClN5O3. The third-order valence-corrected chi connectivity index (χ3v) is 7.29. The molecule has 2 heterocycles. The molecule has 0 saturated heterocycles. The monoisotopic (exact) mass is 535 g/mol. The van der Waals surface area contributed by atoms with E-state index in [1.807, 2.05) is 57.0 Å². The van der Waals surface area contributed by atoms with Crippen molar-refractivity contribution in [3.63, 3.8) is 0 Å². The Morgan fingerprint density at radius 1 is 1.18 bits per heavy atom. The topological polar surface area (TPSA) is 92.7 Å². The number of nitriles is 1. The summed E-state index contributed by atoms with van der Waals surface area (Å²) in [7, 11) is 5.24. The predicted octanol–water partition coefficient (Wildman–Crippen LogP) is 5.68. The third-order valence-electron chi connectivity index (χ3n) is 7.08. The van der Waals surface area contributed by atoms with Crippen molar-refractivity contribution in [3.8, 4) is 11.8 Å². The van der Waals surface area contributed by atoms with Crippen LogP contribution in [0.25, 0.3) is 11.0 Å². The van der Waals surface area contributed by atoms with Crippen LogP contribution in [-0.4, -0.2) is 41.1 Å². The highest BCUT2D eigenvalue weighted by atomic mass is 35.5. The summed E-state index contributed by atoms with van der Waals surface area (Å²) in [5.74, 6) is 0.929. The third kappa shape index (κ3) is 5.48. The van der Waals surface area contributed by atoms with Gasteiger partial charge in [0.05, 0.1) is 24.0 Å². The molecule has 0 radical (unpaired) electrons. The summed E-state index contributed by atoms with van der Waals surface area (Å²) in [6, 6.07) is 13.5. The molecule has 0 unspecified atom stereocenters. The van der Waals surface area contributed by atoms with Crippen LogP contribution in [0.15, 0.2) is 46.3 Å².